The molecule has 1 N–H and O–H groups in total. The van der Waals surface area contributed by atoms with Crippen LogP contribution < -0.4 is 14.8 Å². The molecule has 1 atom stereocenters. The Kier molecular flexibility index (Phi) is 5.46. The molecule has 0 saturated carbocycles. The minimum atomic E-state index is -3.06. The van der Waals surface area contributed by atoms with Gasteiger partial charge in [0.15, 0.2) is 11.5 Å². The van der Waals surface area contributed by atoms with Crippen LogP contribution in [0.3, 0.4) is 0 Å². The van der Waals surface area contributed by atoms with Gasteiger partial charge in [-0.1, -0.05) is 6.07 Å². The number of carbonyl (C=O) groups is 1. The van der Waals surface area contributed by atoms with E-state index >= 15 is 0 Å². The predicted molar refractivity (Wildman–Crippen MR) is 79.7 cm³/mol. The van der Waals surface area contributed by atoms with Crippen molar-refractivity contribution in [2.75, 3.05) is 7.11 Å². The van der Waals surface area contributed by atoms with Crippen LogP contribution in [0.2, 0.25) is 0 Å². The number of halogens is 2. The number of nitrogens with one attached hydrogen (secondary N) is 1. The third-order valence-electron chi connectivity index (χ3n) is 3.20. The van der Waals surface area contributed by atoms with Crippen molar-refractivity contribution in [1.82, 2.24) is 10.3 Å². The zero-order valence-electron chi connectivity index (χ0n) is 12.6. The van der Waals surface area contributed by atoms with E-state index in [0.717, 1.165) is 5.56 Å². The van der Waals surface area contributed by atoms with E-state index in [4.69, 9.17) is 4.74 Å². The monoisotopic (exact) mass is 322 g/mol. The van der Waals surface area contributed by atoms with Crippen molar-refractivity contribution in [3.8, 4) is 11.5 Å². The van der Waals surface area contributed by atoms with E-state index in [9.17, 15) is 13.6 Å². The van der Waals surface area contributed by atoms with E-state index in [1.54, 1.807) is 31.5 Å². The topological polar surface area (TPSA) is 60.5 Å². The minimum absolute atomic E-state index is 0.0226. The van der Waals surface area contributed by atoms with Crippen LogP contribution in [0.15, 0.2) is 42.7 Å². The quantitative estimate of drug-likeness (QED) is 0.887. The molecule has 0 aliphatic rings. The number of rotatable bonds is 6. The van der Waals surface area contributed by atoms with Gasteiger partial charge in [-0.3, -0.25) is 9.78 Å². The maximum atomic E-state index is 12.6. The van der Waals surface area contributed by atoms with Crippen molar-refractivity contribution in [2.45, 2.75) is 19.6 Å². The average Bonchev–Trinajstić information content (AvgIpc) is 2.55. The van der Waals surface area contributed by atoms with Crippen molar-refractivity contribution in [3.05, 3.63) is 53.9 Å². The van der Waals surface area contributed by atoms with Gasteiger partial charge in [-0.05, 0) is 36.8 Å². The second-order valence-electron chi connectivity index (χ2n) is 4.69. The van der Waals surface area contributed by atoms with Crippen molar-refractivity contribution in [2.24, 2.45) is 0 Å². The molecule has 0 bridgehead atoms. The van der Waals surface area contributed by atoms with E-state index in [1.165, 1.54) is 25.3 Å². The Morgan fingerprint density at radius 1 is 1.22 bits per heavy atom. The molecule has 2 aromatic rings. The molecule has 0 spiro atoms. The number of methoxy groups -OCH3 is 1. The minimum Gasteiger partial charge on any atom is -0.493 e. The molecule has 1 aromatic heterocycles. The van der Waals surface area contributed by atoms with Gasteiger partial charge in [0.25, 0.3) is 5.91 Å². The summed E-state index contributed by atoms with van der Waals surface area (Å²) in [6.07, 6.45) is 3.21. The first-order valence-corrected chi connectivity index (χ1v) is 6.85. The Morgan fingerprint density at radius 3 is 2.52 bits per heavy atom. The van der Waals surface area contributed by atoms with Crippen LogP contribution in [0.25, 0.3) is 0 Å². The van der Waals surface area contributed by atoms with Crippen molar-refractivity contribution >= 4 is 5.91 Å². The Bertz CT molecular complexity index is 666. The lowest BCUT2D eigenvalue weighted by atomic mass is 10.1. The summed E-state index contributed by atoms with van der Waals surface area (Å²) in [6, 6.07) is 7.56. The summed E-state index contributed by atoms with van der Waals surface area (Å²) in [5.74, 6) is -0.761. The number of nitrogens with zero attached hydrogens (tertiary/aromatic N) is 1. The van der Waals surface area contributed by atoms with E-state index < -0.39 is 12.5 Å². The summed E-state index contributed by atoms with van der Waals surface area (Å²) in [5, 5.41) is 2.73. The Balaban J connectivity index is 2.25. The maximum absolute atomic E-state index is 12.6. The van der Waals surface area contributed by atoms with Gasteiger partial charge in [-0.15, -0.1) is 0 Å². The number of pyridine rings is 1. The molecule has 1 unspecified atom stereocenters. The van der Waals surface area contributed by atoms with Crippen molar-refractivity contribution in [3.63, 3.8) is 0 Å². The number of hydrogen-bond acceptors (Lipinski definition) is 4. The zero-order valence-corrected chi connectivity index (χ0v) is 12.6. The largest absolute Gasteiger partial charge is 0.493 e. The fourth-order valence-electron chi connectivity index (χ4n) is 2.08. The summed E-state index contributed by atoms with van der Waals surface area (Å²) >= 11 is 0. The number of hydrogen-bond donors (Lipinski definition) is 1. The number of ether oxygens (including phenoxy) is 2. The van der Waals surface area contributed by atoms with Gasteiger partial charge in [0.05, 0.1) is 18.7 Å². The van der Waals surface area contributed by atoms with Crippen LogP contribution in [0.5, 0.6) is 11.5 Å². The first kappa shape index (κ1) is 16.7. The Hall–Kier alpha value is -2.70. The van der Waals surface area contributed by atoms with Crippen molar-refractivity contribution < 1.29 is 23.0 Å². The molecule has 1 aromatic carbocycles. The molecular weight excluding hydrogens is 306 g/mol. The van der Waals surface area contributed by atoms with E-state index in [2.05, 4.69) is 15.0 Å². The highest BCUT2D eigenvalue weighted by atomic mass is 19.3. The summed E-state index contributed by atoms with van der Waals surface area (Å²) < 4.78 is 34.6. The lowest BCUT2D eigenvalue weighted by molar-refractivity contribution is -0.0515. The first-order chi connectivity index (χ1) is 11.0. The van der Waals surface area contributed by atoms with Crippen LogP contribution in [0, 0.1) is 0 Å². The molecule has 0 saturated heterocycles. The molecule has 0 fully saturated rings. The second kappa shape index (κ2) is 7.53. The third-order valence-corrected chi connectivity index (χ3v) is 3.20. The van der Waals surface area contributed by atoms with Crippen molar-refractivity contribution in [1.29, 1.82) is 0 Å². The summed E-state index contributed by atoms with van der Waals surface area (Å²) in [6.45, 7) is -1.28. The highest BCUT2D eigenvalue weighted by molar-refractivity contribution is 5.98. The maximum Gasteiger partial charge on any atom is 0.387 e. The fourth-order valence-corrected chi connectivity index (χ4v) is 2.08. The van der Waals surface area contributed by atoms with Crippen LogP contribution >= 0.6 is 0 Å². The van der Waals surface area contributed by atoms with Crippen LogP contribution in [0.4, 0.5) is 8.78 Å². The first-order valence-electron chi connectivity index (χ1n) is 6.85. The summed E-state index contributed by atoms with van der Waals surface area (Å²) in [5.41, 5.74) is 0.818. The van der Waals surface area contributed by atoms with Gasteiger partial charge >= 0.3 is 6.61 Å². The molecule has 1 amide bonds. The van der Waals surface area contributed by atoms with Gasteiger partial charge in [-0.25, -0.2) is 0 Å². The van der Waals surface area contributed by atoms with Crippen LogP contribution in [-0.4, -0.2) is 24.6 Å². The van der Waals surface area contributed by atoms with Gasteiger partial charge in [0.2, 0.25) is 0 Å². The molecule has 0 aliphatic heterocycles. The van der Waals surface area contributed by atoms with Gasteiger partial charge in [0.1, 0.15) is 0 Å². The molecule has 23 heavy (non-hydrogen) atoms. The number of amides is 1. The Morgan fingerprint density at radius 2 is 1.91 bits per heavy atom. The zero-order chi connectivity index (χ0) is 16.8. The molecular formula is C16H16F2N2O3. The highest BCUT2D eigenvalue weighted by Crippen LogP contribution is 2.32. The smallest absolute Gasteiger partial charge is 0.387 e. The average molecular weight is 322 g/mol. The number of para-hydroxylation sites is 1. The number of benzene rings is 1. The molecule has 0 radical (unpaired) electrons. The molecule has 7 heteroatoms. The second-order valence-corrected chi connectivity index (χ2v) is 4.69. The molecule has 5 nitrogen and oxygen atoms in total. The highest BCUT2D eigenvalue weighted by Gasteiger charge is 2.21. The molecule has 122 valence electrons. The summed E-state index contributed by atoms with van der Waals surface area (Å²) in [4.78, 5) is 16.3. The molecule has 1 heterocycles. The lowest BCUT2D eigenvalue weighted by Gasteiger charge is -2.17. The predicted octanol–water partition coefficient (Wildman–Crippen LogP) is 3.18. The number of alkyl halides is 2. The third kappa shape index (κ3) is 4.15. The lowest BCUT2D eigenvalue weighted by Crippen LogP contribution is -2.27. The normalized spacial score (nSPS) is 11.9. The van der Waals surface area contributed by atoms with E-state index in [0.29, 0.717) is 0 Å². The number of aromatic nitrogens is 1. The number of carbonyl (C=O) groups excluding carboxylic acids is 1. The van der Waals surface area contributed by atoms with Gasteiger partial charge in [0, 0.05) is 12.4 Å². The Labute approximate surface area is 132 Å². The summed E-state index contributed by atoms with van der Waals surface area (Å²) in [7, 11) is 1.31. The molecule has 0 aliphatic carbocycles. The van der Waals surface area contributed by atoms with Gasteiger partial charge in [-0.2, -0.15) is 8.78 Å². The fraction of sp³-hybridized carbons (Fsp3) is 0.250. The SMILES string of the molecule is COc1cccc(C(=O)NC(C)c2ccncc2)c1OC(F)F. The van der Waals surface area contributed by atoms with E-state index in [-0.39, 0.29) is 23.1 Å². The van der Waals surface area contributed by atoms with Crippen LogP contribution in [-0.2, 0) is 0 Å². The van der Waals surface area contributed by atoms with E-state index in [1.807, 2.05) is 0 Å². The van der Waals surface area contributed by atoms with Gasteiger partial charge < -0.3 is 14.8 Å². The standard InChI is InChI=1S/C16H16F2N2O3/c1-10(11-6-8-19-9-7-11)20-15(21)12-4-3-5-13(22-2)14(12)23-16(17)18/h3-10,16H,1-2H3,(H,20,21). The van der Waals surface area contributed by atoms with Crippen LogP contribution in [0.1, 0.15) is 28.9 Å². The molecule has 2 rings (SSSR count).